The molecule has 0 spiro atoms. The van der Waals surface area contributed by atoms with Crippen LogP contribution in [0.4, 0.5) is 0 Å². The minimum absolute atomic E-state index is 0.213. The van der Waals surface area contributed by atoms with Crippen LogP contribution in [-0.4, -0.2) is 10.7 Å². The van der Waals surface area contributed by atoms with Gasteiger partial charge in [0.05, 0.1) is 0 Å². The van der Waals surface area contributed by atoms with Gasteiger partial charge in [-0.25, -0.2) is 4.79 Å². The first-order chi connectivity index (χ1) is 13.2. The topological polar surface area (TPSA) is 31.2 Å². The predicted octanol–water partition coefficient (Wildman–Crippen LogP) is 7.21. The molecular formula is C23H37NO2S. The predicted molar refractivity (Wildman–Crippen MR) is 116 cm³/mol. The van der Waals surface area contributed by atoms with Gasteiger partial charge in [-0.15, -0.1) is 0 Å². The second kappa shape index (κ2) is 16.7. The summed E-state index contributed by atoms with van der Waals surface area (Å²) in [5.74, 6) is -0.213. The van der Waals surface area contributed by atoms with Gasteiger partial charge in [0.1, 0.15) is 4.64 Å². The van der Waals surface area contributed by atoms with Crippen molar-refractivity contribution in [1.82, 2.24) is 4.73 Å². The molecule has 0 N–H and O–H groups in total. The second-order valence-corrected chi connectivity index (χ2v) is 7.58. The molecule has 1 heterocycles. The number of aromatic nitrogens is 1. The molecule has 1 aromatic heterocycles. The fourth-order valence-electron chi connectivity index (χ4n) is 2.98. The average Bonchev–Trinajstić information content (AvgIpc) is 2.66. The minimum Gasteiger partial charge on any atom is -0.336 e. The van der Waals surface area contributed by atoms with Crippen molar-refractivity contribution in [2.45, 2.75) is 96.8 Å². The number of carbonyl (C=O) groups excluding carboxylic acids is 1. The van der Waals surface area contributed by atoms with Crippen LogP contribution in [0, 0.1) is 4.64 Å². The van der Waals surface area contributed by atoms with Gasteiger partial charge in [0, 0.05) is 12.6 Å². The lowest BCUT2D eigenvalue weighted by molar-refractivity contribution is -0.144. The summed E-state index contributed by atoms with van der Waals surface area (Å²) in [5.41, 5.74) is 0. The van der Waals surface area contributed by atoms with Gasteiger partial charge in [0.15, 0.2) is 0 Å². The van der Waals surface area contributed by atoms with Gasteiger partial charge >= 0.3 is 5.97 Å². The molecule has 152 valence electrons. The smallest absolute Gasteiger partial charge is 0.332 e. The highest BCUT2D eigenvalue weighted by molar-refractivity contribution is 7.71. The van der Waals surface area contributed by atoms with Gasteiger partial charge in [-0.3, -0.25) is 0 Å². The molecule has 0 radical (unpaired) electrons. The van der Waals surface area contributed by atoms with Crippen molar-refractivity contribution in [1.29, 1.82) is 0 Å². The van der Waals surface area contributed by atoms with Crippen LogP contribution in [0.5, 0.6) is 0 Å². The van der Waals surface area contributed by atoms with Gasteiger partial charge in [-0.05, 0) is 44.2 Å². The van der Waals surface area contributed by atoms with E-state index in [-0.39, 0.29) is 5.97 Å². The number of unbranched alkanes of at least 4 members (excludes halogenated alkanes) is 11. The van der Waals surface area contributed by atoms with Crippen LogP contribution < -0.4 is 4.84 Å². The van der Waals surface area contributed by atoms with E-state index in [0.29, 0.717) is 11.1 Å². The van der Waals surface area contributed by atoms with E-state index in [1.807, 2.05) is 6.07 Å². The Kier molecular flexibility index (Phi) is 14.6. The summed E-state index contributed by atoms with van der Waals surface area (Å²) in [6.45, 7) is 2.26. The van der Waals surface area contributed by atoms with E-state index >= 15 is 0 Å². The number of pyridine rings is 1. The minimum atomic E-state index is -0.213. The quantitative estimate of drug-likeness (QED) is 0.169. The molecule has 0 aliphatic rings. The van der Waals surface area contributed by atoms with E-state index < -0.39 is 0 Å². The molecule has 4 heteroatoms. The molecule has 0 aliphatic carbocycles. The van der Waals surface area contributed by atoms with Gasteiger partial charge in [-0.2, -0.15) is 4.73 Å². The van der Waals surface area contributed by atoms with Crippen LogP contribution in [-0.2, 0) is 4.79 Å². The lowest BCUT2D eigenvalue weighted by atomic mass is 10.1. The summed E-state index contributed by atoms with van der Waals surface area (Å²) in [4.78, 5) is 17.0. The first-order valence-corrected chi connectivity index (χ1v) is 11.2. The Morgan fingerprint density at radius 3 is 2.15 bits per heavy atom. The fourth-order valence-corrected chi connectivity index (χ4v) is 3.16. The van der Waals surface area contributed by atoms with Crippen LogP contribution in [0.15, 0.2) is 36.5 Å². The molecule has 0 unspecified atom stereocenters. The molecule has 0 aliphatic heterocycles. The zero-order chi connectivity index (χ0) is 19.6. The van der Waals surface area contributed by atoms with E-state index in [1.165, 1.54) is 75.4 Å². The highest BCUT2D eigenvalue weighted by Gasteiger charge is 2.04. The van der Waals surface area contributed by atoms with Crippen molar-refractivity contribution in [3.63, 3.8) is 0 Å². The van der Waals surface area contributed by atoms with E-state index in [2.05, 4.69) is 19.1 Å². The van der Waals surface area contributed by atoms with Crippen molar-refractivity contribution in [2.24, 2.45) is 0 Å². The summed E-state index contributed by atoms with van der Waals surface area (Å²) in [6.07, 6.45) is 23.1. The van der Waals surface area contributed by atoms with Gasteiger partial charge in [0.25, 0.3) is 0 Å². The molecule has 0 saturated carbocycles. The third kappa shape index (κ3) is 13.4. The van der Waals surface area contributed by atoms with Crippen LogP contribution in [0.1, 0.15) is 96.8 Å². The van der Waals surface area contributed by atoms with Crippen LogP contribution in [0.25, 0.3) is 0 Å². The average molecular weight is 392 g/mol. The van der Waals surface area contributed by atoms with Crippen molar-refractivity contribution in [3.05, 3.63) is 41.2 Å². The number of hydrogen-bond donors (Lipinski definition) is 0. The molecular weight excluding hydrogens is 354 g/mol. The van der Waals surface area contributed by atoms with E-state index in [0.717, 1.165) is 12.8 Å². The monoisotopic (exact) mass is 391 g/mol. The lowest BCUT2D eigenvalue weighted by Crippen LogP contribution is -2.19. The second-order valence-electron chi connectivity index (χ2n) is 7.16. The van der Waals surface area contributed by atoms with Crippen molar-refractivity contribution in [2.75, 3.05) is 0 Å². The van der Waals surface area contributed by atoms with Crippen LogP contribution in [0.3, 0.4) is 0 Å². The van der Waals surface area contributed by atoms with Gasteiger partial charge in [0.2, 0.25) is 0 Å². The Hall–Kier alpha value is -1.42. The first kappa shape index (κ1) is 23.6. The number of allylic oxidation sites excluding steroid dienone is 2. The van der Waals surface area contributed by atoms with Crippen molar-refractivity contribution >= 4 is 18.2 Å². The summed E-state index contributed by atoms with van der Waals surface area (Å²) in [7, 11) is 0. The van der Waals surface area contributed by atoms with Crippen LogP contribution >= 0.6 is 12.2 Å². The number of hydrogen-bond acceptors (Lipinski definition) is 3. The maximum absolute atomic E-state index is 11.8. The Labute approximate surface area is 170 Å². The Balaban J connectivity index is 1.88. The van der Waals surface area contributed by atoms with Crippen LogP contribution in [0.2, 0.25) is 0 Å². The molecule has 0 bridgehead atoms. The number of nitrogens with zero attached hydrogens (tertiary/aromatic N) is 1. The largest absolute Gasteiger partial charge is 0.336 e. The van der Waals surface area contributed by atoms with Gasteiger partial charge in [-0.1, -0.05) is 88.7 Å². The number of carbonyl (C=O) groups is 1. The summed E-state index contributed by atoms with van der Waals surface area (Å²) in [6, 6.07) is 5.37. The first-order valence-electron chi connectivity index (χ1n) is 10.8. The van der Waals surface area contributed by atoms with E-state index in [9.17, 15) is 4.79 Å². The zero-order valence-corrected chi connectivity index (χ0v) is 17.9. The number of rotatable bonds is 16. The standard InChI is InChI=1S/C23H37NO2S/c1-2-3-4-5-6-7-8-9-10-11-12-13-14-15-16-20-23(25)26-24-21-18-17-19-22(24)27/h9-10,17-19,21H,2-8,11-16,20H2,1H3/b10-9-. The molecule has 0 fully saturated rings. The third-order valence-corrected chi connectivity index (χ3v) is 4.95. The molecule has 1 rings (SSSR count). The molecule has 27 heavy (non-hydrogen) atoms. The Morgan fingerprint density at radius 1 is 0.926 bits per heavy atom. The molecule has 3 nitrogen and oxygen atoms in total. The lowest BCUT2D eigenvalue weighted by Gasteiger charge is -2.06. The molecule has 0 atom stereocenters. The Morgan fingerprint density at radius 2 is 1.52 bits per heavy atom. The fraction of sp³-hybridized carbons (Fsp3) is 0.652. The third-order valence-electron chi connectivity index (χ3n) is 4.63. The summed E-state index contributed by atoms with van der Waals surface area (Å²) < 4.78 is 1.87. The summed E-state index contributed by atoms with van der Waals surface area (Å²) in [5, 5.41) is 0. The normalized spacial score (nSPS) is 11.1. The maximum Gasteiger partial charge on any atom is 0.332 e. The van der Waals surface area contributed by atoms with Crippen molar-refractivity contribution < 1.29 is 9.63 Å². The van der Waals surface area contributed by atoms with E-state index in [1.54, 1.807) is 18.3 Å². The summed E-state index contributed by atoms with van der Waals surface area (Å²) >= 11 is 5.10. The van der Waals surface area contributed by atoms with E-state index in [4.69, 9.17) is 17.1 Å². The molecule has 0 amide bonds. The Bertz CT molecular complexity index is 580. The molecule has 0 saturated heterocycles. The zero-order valence-electron chi connectivity index (χ0n) is 17.0. The maximum atomic E-state index is 11.8. The highest BCUT2D eigenvalue weighted by Crippen LogP contribution is 2.10. The molecule has 1 aromatic rings. The molecule has 0 aromatic carbocycles. The van der Waals surface area contributed by atoms with Crippen molar-refractivity contribution in [3.8, 4) is 0 Å². The SMILES string of the molecule is CCCCCCCC/C=C\CCCCCCCC(=O)On1ccccc1=S. The van der Waals surface area contributed by atoms with Gasteiger partial charge < -0.3 is 4.84 Å². The highest BCUT2D eigenvalue weighted by atomic mass is 32.1.